The van der Waals surface area contributed by atoms with E-state index in [-0.39, 0.29) is 18.4 Å². The molecule has 8 heteroatoms. The molecular weight excluding hydrogens is 394 g/mol. The number of fused-ring (bicyclic) bond motifs is 1. The predicted molar refractivity (Wildman–Crippen MR) is 115 cm³/mol. The molecule has 31 heavy (non-hydrogen) atoms. The van der Waals surface area contributed by atoms with E-state index in [9.17, 15) is 9.59 Å². The van der Waals surface area contributed by atoms with Crippen LogP contribution in [-0.4, -0.2) is 45.3 Å². The van der Waals surface area contributed by atoms with Crippen molar-refractivity contribution in [3.8, 4) is 11.3 Å². The van der Waals surface area contributed by atoms with Gasteiger partial charge >= 0.3 is 12.0 Å². The van der Waals surface area contributed by atoms with E-state index in [1.807, 2.05) is 53.2 Å². The number of amides is 2. The molecule has 160 valence electrons. The molecule has 0 saturated carbocycles. The normalized spacial score (nSPS) is 14.3. The summed E-state index contributed by atoms with van der Waals surface area (Å²) in [5.74, 6) is -0.371. The first-order valence-corrected chi connectivity index (χ1v) is 10.3. The van der Waals surface area contributed by atoms with Crippen LogP contribution in [0.2, 0.25) is 0 Å². The summed E-state index contributed by atoms with van der Waals surface area (Å²) in [6.07, 6.45) is 4.38. The standard InChI is InChI=1S/C23H25N5O3/c1-31-22(29)14-20(17-7-3-2-4-8-17)25-23(30)27-11-6-12-28-19(16-27)13-21(26-28)18-9-5-10-24-15-18/h2-5,7-10,13,15,20H,6,11-12,14,16H2,1H3,(H,25,30). The Labute approximate surface area is 180 Å². The highest BCUT2D eigenvalue weighted by molar-refractivity contribution is 5.77. The van der Waals surface area contributed by atoms with Gasteiger partial charge in [-0.3, -0.25) is 14.5 Å². The van der Waals surface area contributed by atoms with E-state index in [0.29, 0.717) is 13.1 Å². The summed E-state index contributed by atoms with van der Waals surface area (Å²) in [5.41, 5.74) is 3.62. The Bertz CT molecular complexity index is 1040. The van der Waals surface area contributed by atoms with Gasteiger partial charge < -0.3 is 15.0 Å². The number of pyridine rings is 1. The summed E-state index contributed by atoms with van der Waals surface area (Å²) in [4.78, 5) is 30.9. The van der Waals surface area contributed by atoms with Gasteiger partial charge in [-0.05, 0) is 30.2 Å². The minimum atomic E-state index is -0.458. The average molecular weight is 419 g/mol. The Hall–Kier alpha value is -3.68. The van der Waals surface area contributed by atoms with Crippen LogP contribution in [0.15, 0.2) is 60.9 Å². The first kappa shape index (κ1) is 20.6. The molecule has 2 amide bonds. The number of nitrogens with one attached hydrogen (secondary N) is 1. The van der Waals surface area contributed by atoms with Gasteiger partial charge in [-0.2, -0.15) is 5.10 Å². The number of urea groups is 1. The lowest BCUT2D eigenvalue weighted by Crippen LogP contribution is -2.42. The van der Waals surface area contributed by atoms with Gasteiger partial charge in [0.1, 0.15) is 0 Å². The molecular formula is C23H25N5O3. The molecule has 0 bridgehead atoms. The van der Waals surface area contributed by atoms with E-state index in [1.54, 1.807) is 17.3 Å². The Morgan fingerprint density at radius 1 is 1.16 bits per heavy atom. The second-order valence-corrected chi connectivity index (χ2v) is 7.45. The molecule has 1 atom stereocenters. The topological polar surface area (TPSA) is 89.4 Å². The SMILES string of the molecule is COC(=O)CC(NC(=O)N1CCCn2nc(-c3cccnc3)cc2C1)c1ccccc1. The van der Waals surface area contributed by atoms with Crippen LogP contribution >= 0.6 is 0 Å². The number of aromatic nitrogens is 3. The molecule has 8 nitrogen and oxygen atoms in total. The van der Waals surface area contributed by atoms with Crippen molar-refractivity contribution in [1.82, 2.24) is 25.0 Å². The lowest BCUT2D eigenvalue weighted by Gasteiger charge is -2.25. The molecule has 0 spiro atoms. The molecule has 3 heterocycles. The van der Waals surface area contributed by atoms with Crippen LogP contribution in [0.4, 0.5) is 4.79 Å². The zero-order valence-corrected chi connectivity index (χ0v) is 17.4. The molecule has 0 aliphatic carbocycles. The van der Waals surface area contributed by atoms with Crippen molar-refractivity contribution in [2.75, 3.05) is 13.7 Å². The zero-order valence-electron chi connectivity index (χ0n) is 17.4. The van der Waals surface area contributed by atoms with Crippen LogP contribution in [0.25, 0.3) is 11.3 Å². The number of carbonyl (C=O) groups excluding carboxylic acids is 2. The fourth-order valence-corrected chi connectivity index (χ4v) is 3.72. The Morgan fingerprint density at radius 2 is 2.00 bits per heavy atom. The van der Waals surface area contributed by atoms with Crippen LogP contribution in [0.1, 0.15) is 30.1 Å². The van der Waals surface area contributed by atoms with Gasteiger partial charge in [0, 0.05) is 31.0 Å². The molecule has 4 rings (SSSR count). The quantitative estimate of drug-likeness (QED) is 0.642. The maximum absolute atomic E-state index is 13.1. The summed E-state index contributed by atoms with van der Waals surface area (Å²) in [5, 5.41) is 7.70. The number of methoxy groups -OCH3 is 1. The third kappa shape index (κ3) is 4.91. The second kappa shape index (κ2) is 9.42. The molecule has 0 saturated heterocycles. The molecule has 1 unspecified atom stereocenters. The molecule has 1 aliphatic heterocycles. The minimum absolute atomic E-state index is 0.0726. The van der Waals surface area contributed by atoms with Gasteiger partial charge in [0.25, 0.3) is 0 Å². The van der Waals surface area contributed by atoms with Crippen LogP contribution in [-0.2, 0) is 22.6 Å². The van der Waals surface area contributed by atoms with Gasteiger partial charge in [0.2, 0.25) is 0 Å². The monoisotopic (exact) mass is 419 g/mol. The first-order valence-electron chi connectivity index (χ1n) is 10.3. The van der Waals surface area contributed by atoms with Crippen molar-refractivity contribution < 1.29 is 14.3 Å². The Kier molecular flexibility index (Phi) is 6.26. The van der Waals surface area contributed by atoms with E-state index in [2.05, 4.69) is 10.3 Å². The highest BCUT2D eigenvalue weighted by Gasteiger charge is 2.25. The maximum Gasteiger partial charge on any atom is 0.318 e. The van der Waals surface area contributed by atoms with E-state index in [1.165, 1.54) is 7.11 Å². The minimum Gasteiger partial charge on any atom is -0.469 e. The lowest BCUT2D eigenvalue weighted by molar-refractivity contribution is -0.141. The fraction of sp³-hybridized carbons (Fsp3) is 0.304. The number of nitrogens with zero attached hydrogens (tertiary/aromatic N) is 4. The molecule has 3 aromatic rings. The second-order valence-electron chi connectivity index (χ2n) is 7.45. The van der Waals surface area contributed by atoms with Crippen molar-refractivity contribution in [3.63, 3.8) is 0 Å². The van der Waals surface area contributed by atoms with E-state index >= 15 is 0 Å². The van der Waals surface area contributed by atoms with Crippen molar-refractivity contribution in [2.24, 2.45) is 0 Å². The average Bonchev–Trinajstić information content (AvgIpc) is 3.11. The van der Waals surface area contributed by atoms with Crippen LogP contribution in [0.3, 0.4) is 0 Å². The Morgan fingerprint density at radius 3 is 2.74 bits per heavy atom. The molecule has 1 N–H and O–H groups in total. The van der Waals surface area contributed by atoms with Crippen molar-refractivity contribution in [2.45, 2.75) is 32.0 Å². The molecule has 2 aromatic heterocycles. The molecule has 0 fully saturated rings. The lowest BCUT2D eigenvalue weighted by atomic mass is 10.0. The third-order valence-electron chi connectivity index (χ3n) is 5.36. The molecule has 0 radical (unpaired) electrons. The van der Waals surface area contributed by atoms with Crippen molar-refractivity contribution in [3.05, 3.63) is 72.2 Å². The summed E-state index contributed by atoms with van der Waals surface area (Å²) in [7, 11) is 1.35. The van der Waals surface area contributed by atoms with Crippen molar-refractivity contribution in [1.29, 1.82) is 0 Å². The number of esters is 1. The molecule has 1 aliphatic rings. The van der Waals surface area contributed by atoms with Gasteiger partial charge in [0.15, 0.2) is 0 Å². The number of carbonyl (C=O) groups is 2. The van der Waals surface area contributed by atoms with Crippen LogP contribution in [0, 0.1) is 0 Å². The smallest absolute Gasteiger partial charge is 0.318 e. The van der Waals surface area contributed by atoms with Crippen LogP contribution in [0.5, 0.6) is 0 Å². The van der Waals surface area contributed by atoms with Gasteiger partial charge in [0.05, 0.1) is 37.5 Å². The van der Waals surface area contributed by atoms with Crippen LogP contribution < -0.4 is 5.32 Å². The zero-order chi connectivity index (χ0) is 21.6. The number of hydrogen-bond donors (Lipinski definition) is 1. The number of benzene rings is 1. The van der Waals surface area contributed by atoms with E-state index in [0.717, 1.165) is 35.5 Å². The van der Waals surface area contributed by atoms with Gasteiger partial charge in [-0.25, -0.2) is 4.79 Å². The van der Waals surface area contributed by atoms with Gasteiger partial charge in [-0.15, -0.1) is 0 Å². The third-order valence-corrected chi connectivity index (χ3v) is 5.36. The Balaban J connectivity index is 1.50. The van der Waals surface area contributed by atoms with E-state index < -0.39 is 6.04 Å². The summed E-state index contributed by atoms with van der Waals surface area (Å²) >= 11 is 0. The summed E-state index contributed by atoms with van der Waals surface area (Å²) in [6, 6.07) is 14.6. The first-order chi connectivity index (χ1) is 15.1. The number of ether oxygens (including phenoxy) is 1. The number of rotatable bonds is 5. The highest BCUT2D eigenvalue weighted by atomic mass is 16.5. The fourth-order valence-electron chi connectivity index (χ4n) is 3.72. The van der Waals surface area contributed by atoms with E-state index in [4.69, 9.17) is 9.84 Å². The largest absolute Gasteiger partial charge is 0.469 e. The number of hydrogen-bond acceptors (Lipinski definition) is 5. The maximum atomic E-state index is 13.1. The predicted octanol–water partition coefficient (Wildman–Crippen LogP) is 3.16. The van der Waals surface area contributed by atoms with Gasteiger partial charge in [-0.1, -0.05) is 30.3 Å². The summed E-state index contributed by atoms with van der Waals surface area (Å²) < 4.78 is 6.78. The number of aryl methyl sites for hydroxylation is 1. The summed E-state index contributed by atoms with van der Waals surface area (Å²) in [6.45, 7) is 1.79. The van der Waals surface area contributed by atoms with Crippen molar-refractivity contribution >= 4 is 12.0 Å². The highest BCUT2D eigenvalue weighted by Crippen LogP contribution is 2.22. The molecule has 1 aromatic carbocycles.